The number of fused-ring (bicyclic) bond motifs is 1. The standard InChI is InChI=1S/C29H34F4N2O3/c1-38-21-4-5-26-23(15-21)28(19(16-30)17-34-26)27(37)6-7-29(18-36)8-11-35(12-9-29)10-2-3-22-24(32)13-20(31)14-25(22)33/h4-5,13-15,17,27,36-37H,2-3,6-12,16,18H2,1H3. The maximum absolute atomic E-state index is 13.9. The van der Waals surface area contributed by atoms with E-state index >= 15 is 0 Å². The average Bonchev–Trinajstić information content (AvgIpc) is 2.92. The number of likely N-dealkylation sites (tertiary alicyclic amines) is 1. The summed E-state index contributed by atoms with van der Waals surface area (Å²) < 4.78 is 60.0. The molecule has 2 heterocycles. The Morgan fingerprint density at radius 2 is 1.82 bits per heavy atom. The van der Waals surface area contributed by atoms with E-state index in [2.05, 4.69) is 9.88 Å². The minimum absolute atomic E-state index is 0.0273. The Bertz CT molecular complexity index is 1220. The number of alkyl halides is 1. The lowest BCUT2D eigenvalue weighted by Crippen LogP contribution is -2.42. The fraction of sp³-hybridized carbons (Fsp3) is 0.483. The number of methoxy groups -OCH3 is 1. The Hall–Kier alpha value is -2.75. The largest absolute Gasteiger partial charge is 0.497 e. The lowest BCUT2D eigenvalue weighted by molar-refractivity contribution is 0.0233. The van der Waals surface area contributed by atoms with Crippen molar-refractivity contribution in [2.75, 3.05) is 33.4 Å². The van der Waals surface area contributed by atoms with Crippen LogP contribution in [0.2, 0.25) is 0 Å². The van der Waals surface area contributed by atoms with Crippen LogP contribution in [-0.2, 0) is 13.1 Å². The smallest absolute Gasteiger partial charge is 0.132 e. The van der Waals surface area contributed by atoms with Crippen LogP contribution in [0.1, 0.15) is 54.9 Å². The molecule has 1 aliphatic heterocycles. The number of piperidine rings is 1. The molecule has 206 valence electrons. The molecular formula is C29H34F4N2O3. The van der Waals surface area contributed by atoms with E-state index in [4.69, 9.17) is 4.74 Å². The Morgan fingerprint density at radius 1 is 1.11 bits per heavy atom. The predicted molar refractivity (Wildman–Crippen MR) is 137 cm³/mol. The van der Waals surface area contributed by atoms with Crippen molar-refractivity contribution in [3.63, 3.8) is 0 Å². The van der Waals surface area contributed by atoms with Crippen molar-refractivity contribution in [1.29, 1.82) is 0 Å². The minimum atomic E-state index is -0.930. The number of benzene rings is 2. The summed E-state index contributed by atoms with van der Waals surface area (Å²) in [6, 6.07) is 6.69. The van der Waals surface area contributed by atoms with Crippen LogP contribution in [0, 0.1) is 22.9 Å². The highest BCUT2D eigenvalue weighted by Gasteiger charge is 2.34. The Kier molecular flexibility index (Phi) is 9.23. The molecule has 1 saturated heterocycles. The van der Waals surface area contributed by atoms with Crippen molar-refractivity contribution >= 4 is 10.9 Å². The van der Waals surface area contributed by atoms with Gasteiger partial charge in [-0.25, -0.2) is 17.6 Å². The topological polar surface area (TPSA) is 65.8 Å². The molecule has 1 fully saturated rings. The molecule has 3 aromatic rings. The molecule has 2 aromatic carbocycles. The zero-order chi connectivity index (χ0) is 27.3. The van der Waals surface area contributed by atoms with E-state index in [1.165, 1.54) is 6.20 Å². The van der Waals surface area contributed by atoms with Crippen LogP contribution < -0.4 is 4.74 Å². The van der Waals surface area contributed by atoms with E-state index in [-0.39, 0.29) is 24.0 Å². The second kappa shape index (κ2) is 12.4. The van der Waals surface area contributed by atoms with Crippen molar-refractivity contribution in [1.82, 2.24) is 9.88 Å². The van der Waals surface area contributed by atoms with Gasteiger partial charge < -0.3 is 19.8 Å². The number of pyridine rings is 1. The second-order valence-corrected chi connectivity index (χ2v) is 10.2. The van der Waals surface area contributed by atoms with E-state index in [0.717, 1.165) is 0 Å². The van der Waals surface area contributed by atoms with Gasteiger partial charge >= 0.3 is 0 Å². The van der Waals surface area contributed by atoms with E-state index in [1.54, 1.807) is 25.3 Å². The molecule has 9 heteroatoms. The van der Waals surface area contributed by atoms with Gasteiger partial charge in [-0.3, -0.25) is 4.98 Å². The summed E-state index contributed by atoms with van der Waals surface area (Å²) in [6.45, 7) is 1.26. The fourth-order valence-electron chi connectivity index (χ4n) is 5.48. The van der Waals surface area contributed by atoms with Gasteiger partial charge in [-0.1, -0.05) is 0 Å². The van der Waals surface area contributed by atoms with Crippen molar-refractivity contribution in [2.24, 2.45) is 5.41 Å². The van der Waals surface area contributed by atoms with E-state index in [1.807, 2.05) is 0 Å². The highest BCUT2D eigenvalue weighted by Crippen LogP contribution is 2.40. The molecular weight excluding hydrogens is 500 g/mol. The first kappa shape index (κ1) is 28.3. The first-order valence-corrected chi connectivity index (χ1v) is 13.0. The van der Waals surface area contributed by atoms with Gasteiger partial charge in [0.05, 0.1) is 18.7 Å². The van der Waals surface area contributed by atoms with Gasteiger partial charge in [-0.05, 0) is 87.3 Å². The predicted octanol–water partition coefficient (Wildman–Crippen LogP) is 5.65. The van der Waals surface area contributed by atoms with Gasteiger partial charge in [-0.2, -0.15) is 0 Å². The third kappa shape index (κ3) is 6.27. The minimum Gasteiger partial charge on any atom is -0.497 e. The summed E-state index contributed by atoms with van der Waals surface area (Å²) in [4.78, 5) is 6.49. The monoisotopic (exact) mass is 534 g/mol. The number of aliphatic hydroxyl groups is 2. The Labute approximate surface area is 220 Å². The molecule has 0 saturated carbocycles. The summed E-state index contributed by atoms with van der Waals surface area (Å²) in [5, 5.41) is 22.1. The first-order chi connectivity index (χ1) is 18.3. The van der Waals surface area contributed by atoms with Crippen molar-refractivity contribution in [3.05, 3.63) is 70.7 Å². The summed E-state index contributed by atoms with van der Waals surface area (Å²) in [7, 11) is 1.54. The first-order valence-electron chi connectivity index (χ1n) is 13.0. The third-order valence-corrected chi connectivity index (χ3v) is 7.88. The molecule has 2 N–H and O–H groups in total. The lowest BCUT2D eigenvalue weighted by atomic mass is 9.74. The average molecular weight is 535 g/mol. The van der Waals surface area contributed by atoms with Crippen LogP contribution >= 0.6 is 0 Å². The molecule has 0 aliphatic carbocycles. The highest BCUT2D eigenvalue weighted by molar-refractivity contribution is 5.85. The molecule has 5 nitrogen and oxygen atoms in total. The van der Waals surface area contributed by atoms with Crippen LogP contribution in [0.3, 0.4) is 0 Å². The number of hydrogen-bond acceptors (Lipinski definition) is 5. The van der Waals surface area contributed by atoms with E-state index in [9.17, 15) is 27.8 Å². The summed E-state index contributed by atoms with van der Waals surface area (Å²) in [6.07, 6.45) is 3.55. The van der Waals surface area contributed by atoms with Crippen LogP contribution in [0.5, 0.6) is 5.75 Å². The second-order valence-electron chi connectivity index (χ2n) is 10.2. The molecule has 1 atom stereocenters. The molecule has 0 spiro atoms. The Balaban J connectivity index is 1.35. The molecule has 0 bridgehead atoms. The maximum Gasteiger partial charge on any atom is 0.132 e. The molecule has 0 amide bonds. The molecule has 1 aliphatic rings. The molecule has 1 unspecified atom stereocenters. The molecule has 4 rings (SSSR count). The van der Waals surface area contributed by atoms with Crippen molar-refractivity contribution < 1.29 is 32.5 Å². The SMILES string of the molecule is COc1ccc2ncc(CF)c(C(O)CCC3(CO)CCN(CCCc4c(F)cc(F)cc4F)CC3)c2c1. The van der Waals surface area contributed by atoms with Gasteiger partial charge in [-0.15, -0.1) is 0 Å². The van der Waals surface area contributed by atoms with Crippen LogP contribution in [0.25, 0.3) is 10.9 Å². The number of aromatic nitrogens is 1. The van der Waals surface area contributed by atoms with E-state index < -0.39 is 30.2 Å². The van der Waals surface area contributed by atoms with Gasteiger partial charge in [0.15, 0.2) is 0 Å². The van der Waals surface area contributed by atoms with Gasteiger partial charge in [0, 0.05) is 41.4 Å². The van der Waals surface area contributed by atoms with Crippen molar-refractivity contribution in [3.8, 4) is 5.75 Å². The van der Waals surface area contributed by atoms with Gasteiger partial charge in [0.1, 0.15) is 29.9 Å². The van der Waals surface area contributed by atoms with Gasteiger partial charge in [0.25, 0.3) is 0 Å². The van der Waals surface area contributed by atoms with Crippen LogP contribution in [0.15, 0.2) is 36.5 Å². The third-order valence-electron chi connectivity index (χ3n) is 7.88. The number of hydrogen-bond donors (Lipinski definition) is 2. The summed E-state index contributed by atoms with van der Waals surface area (Å²) in [5.74, 6) is -2.07. The molecule has 38 heavy (non-hydrogen) atoms. The van der Waals surface area contributed by atoms with Crippen molar-refractivity contribution in [2.45, 2.75) is 51.3 Å². The maximum atomic E-state index is 13.9. The number of nitrogens with zero attached hydrogens (tertiary/aromatic N) is 2. The lowest BCUT2D eigenvalue weighted by Gasteiger charge is -2.41. The number of aliphatic hydroxyl groups excluding tert-OH is 2. The van der Waals surface area contributed by atoms with Gasteiger partial charge in [0.2, 0.25) is 0 Å². The highest BCUT2D eigenvalue weighted by atomic mass is 19.1. The summed E-state index contributed by atoms with van der Waals surface area (Å²) in [5.41, 5.74) is 1.00. The van der Waals surface area contributed by atoms with Crippen LogP contribution in [-0.4, -0.2) is 53.4 Å². The number of rotatable bonds is 11. The molecule has 1 aromatic heterocycles. The molecule has 0 radical (unpaired) electrons. The number of ether oxygens (including phenoxy) is 1. The summed E-state index contributed by atoms with van der Waals surface area (Å²) >= 11 is 0. The zero-order valence-corrected chi connectivity index (χ0v) is 21.5. The quantitative estimate of drug-likeness (QED) is 0.311. The van der Waals surface area contributed by atoms with E-state index in [0.29, 0.717) is 91.7 Å². The normalized spacial score (nSPS) is 16.6. The fourth-order valence-corrected chi connectivity index (χ4v) is 5.48. The van der Waals surface area contributed by atoms with Crippen LogP contribution in [0.4, 0.5) is 17.6 Å². The zero-order valence-electron chi connectivity index (χ0n) is 21.5. The Morgan fingerprint density at radius 3 is 2.45 bits per heavy atom. The number of halogens is 4.